The summed E-state index contributed by atoms with van der Waals surface area (Å²) in [6, 6.07) is 11.6. The molecule has 0 radical (unpaired) electrons. The number of alkyl halides is 3. The van der Waals surface area contributed by atoms with Gasteiger partial charge in [-0.2, -0.15) is 0 Å². The zero-order valence-corrected chi connectivity index (χ0v) is 17.6. The van der Waals surface area contributed by atoms with Gasteiger partial charge in [0, 0.05) is 22.6 Å². The Bertz CT molecular complexity index is 1140. The lowest BCUT2D eigenvalue weighted by Crippen LogP contribution is -2.19. The molecule has 1 aromatic heterocycles. The molecule has 1 heterocycles. The third kappa shape index (κ3) is 5.26. The Balaban J connectivity index is 1.87. The summed E-state index contributed by atoms with van der Waals surface area (Å²) < 4.78 is 57.2. The molecule has 0 aliphatic heterocycles. The van der Waals surface area contributed by atoms with E-state index < -0.39 is 23.1 Å². The van der Waals surface area contributed by atoms with Crippen LogP contribution in [0.3, 0.4) is 0 Å². The molecule has 1 atom stereocenters. The normalized spacial score (nSPS) is 12.4. The third-order valence-corrected chi connectivity index (χ3v) is 5.71. The van der Waals surface area contributed by atoms with Crippen molar-refractivity contribution in [3.8, 4) is 5.75 Å². The second-order valence-electron chi connectivity index (χ2n) is 6.74. The van der Waals surface area contributed by atoms with Crippen LogP contribution in [0.25, 0.3) is 0 Å². The molecule has 0 spiro atoms. The summed E-state index contributed by atoms with van der Waals surface area (Å²) in [5, 5.41) is 8.51. The summed E-state index contributed by atoms with van der Waals surface area (Å²) in [7, 11) is -2.05. The molecule has 6 nitrogen and oxygen atoms in total. The van der Waals surface area contributed by atoms with Crippen molar-refractivity contribution in [2.45, 2.75) is 31.5 Å². The number of anilines is 2. The highest BCUT2D eigenvalue weighted by molar-refractivity contribution is 7.86. The van der Waals surface area contributed by atoms with Gasteiger partial charge in [0.1, 0.15) is 10.6 Å². The van der Waals surface area contributed by atoms with Crippen molar-refractivity contribution in [2.75, 3.05) is 10.5 Å². The third-order valence-electron chi connectivity index (χ3n) is 4.55. The number of hydrogen-bond donors (Lipinski definition) is 4. The first-order valence-corrected chi connectivity index (χ1v) is 10.4. The predicted octanol–water partition coefficient (Wildman–Crippen LogP) is 4.92. The second-order valence-corrected chi connectivity index (χ2v) is 7.92. The van der Waals surface area contributed by atoms with Gasteiger partial charge in [0.25, 0.3) is 0 Å². The predicted molar refractivity (Wildman–Crippen MR) is 115 cm³/mol. The van der Waals surface area contributed by atoms with Crippen LogP contribution in [0.4, 0.5) is 24.5 Å². The highest BCUT2D eigenvalue weighted by atomic mass is 32.2. The van der Waals surface area contributed by atoms with E-state index in [1.165, 1.54) is 36.4 Å². The Labute approximate surface area is 179 Å². The van der Waals surface area contributed by atoms with Crippen molar-refractivity contribution < 1.29 is 22.1 Å². The van der Waals surface area contributed by atoms with Crippen LogP contribution in [0, 0.1) is 12.3 Å². The summed E-state index contributed by atoms with van der Waals surface area (Å²) in [5.41, 5.74) is 9.87. The molecule has 0 aliphatic rings. The van der Waals surface area contributed by atoms with Gasteiger partial charge >= 0.3 is 6.36 Å². The van der Waals surface area contributed by atoms with Gasteiger partial charge in [-0.1, -0.05) is 19.1 Å². The number of H-pyrrole nitrogens is 1. The van der Waals surface area contributed by atoms with E-state index >= 15 is 0 Å². The first-order chi connectivity index (χ1) is 14.6. The van der Waals surface area contributed by atoms with E-state index in [9.17, 15) is 17.4 Å². The van der Waals surface area contributed by atoms with E-state index in [1.54, 1.807) is 0 Å². The summed E-state index contributed by atoms with van der Waals surface area (Å²) in [6.45, 7) is 3.94. The number of hydrogen-bond acceptors (Lipinski definition) is 4. The zero-order chi connectivity index (χ0) is 22.8. The van der Waals surface area contributed by atoms with E-state index in [4.69, 9.17) is 11.1 Å². The van der Waals surface area contributed by atoms with Crippen molar-refractivity contribution in [2.24, 2.45) is 0 Å². The fraction of sp³-hybridized carbons (Fsp3) is 0.190. The molecule has 0 saturated carbocycles. The van der Waals surface area contributed by atoms with Crippen LogP contribution in [0.2, 0.25) is 0 Å². The van der Waals surface area contributed by atoms with E-state index in [0.29, 0.717) is 22.6 Å². The summed E-state index contributed by atoms with van der Waals surface area (Å²) >= 11 is 0. The Morgan fingerprint density at radius 1 is 1.23 bits per heavy atom. The Kier molecular flexibility index (Phi) is 6.40. The van der Waals surface area contributed by atoms with E-state index in [1.807, 2.05) is 19.9 Å². The fourth-order valence-corrected chi connectivity index (χ4v) is 4.00. The SMILES string of the molecule is CCc1[nH]c(C(=N)c2cc(NS(=O)c3ccccc3OC(F)(F)F)ccc2N)cc1C. The first kappa shape index (κ1) is 22.4. The van der Waals surface area contributed by atoms with Crippen LogP contribution in [-0.2, 0) is 17.4 Å². The zero-order valence-electron chi connectivity index (χ0n) is 16.8. The number of ether oxygens (including phenoxy) is 1. The molecule has 1 unspecified atom stereocenters. The molecular formula is C21H21F3N4O2S. The second kappa shape index (κ2) is 8.84. The maximum absolute atomic E-state index is 12.7. The van der Waals surface area contributed by atoms with Crippen LogP contribution >= 0.6 is 0 Å². The molecule has 0 amide bonds. The molecule has 164 valence electrons. The molecule has 0 bridgehead atoms. The number of aromatic nitrogens is 1. The number of nitrogens with one attached hydrogen (secondary N) is 3. The average molecular weight is 450 g/mol. The number of rotatable bonds is 7. The quantitative estimate of drug-likeness (QED) is 0.303. The monoisotopic (exact) mass is 450 g/mol. The van der Waals surface area contributed by atoms with Crippen LogP contribution < -0.4 is 15.2 Å². The highest BCUT2D eigenvalue weighted by Gasteiger charge is 2.32. The number of aryl methyl sites for hydroxylation is 2. The number of para-hydroxylation sites is 1. The number of aromatic amines is 1. The minimum absolute atomic E-state index is 0.149. The minimum Gasteiger partial charge on any atom is -0.404 e. The Morgan fingerprint density at radius 3 is 2.58 bits per heavy atom. The highest BCUT2D eigenvalue weighted by Crippen LogP contribution is 2.30. The maximum atomic E-state index is 12.7. The van der Waals surface area contributed by atoms with E-state index in [0.717, 1.165) is 23.7 Å². The molecule has 3 aromatic rings. The number of nitrogen functional groups attached to an aromatic ring is 1. The molecule has 0 fully saturated rings. The summed E-state index contributed by atoms with van der Waals surface area (Å²) in [5.74, 6) is -0.557. The lowest BCUT2D eigenvalue weighted by Gasteiger charge is -2.14. The molecule has 31 heavy (non-hydrogen) atoms. The summed E-state index contributed by atoms with van der Waals surface area (Å²) in [4.78, 5) is 3.02. The topological polar surface area (TPSA) is 104 Å². The molecule has 2 aromatic carbocycles. The van der Waals surface area contributed by atoms with E-state index in [-0.39, 0.29) is 10.6 Å². The van der Waals surface area contributed by atoms with Crippen molar-refractivity contribution in [3.05, 3.63) is 71.0 Å². The van der Waals surface area contributed by atoms with Crippen LogP contribution in [0.15, 0.2) is 53.4 Å². The van der Waals surface area contributed by atoms with Crippen LogP contribution in [0.1, 0.15) is 29.4 Å². The summed E-state index contributed by atoms with van der Waals surface area (Å²) in [6.07, 6.45) is -4.12. The van der Waals surface area contributed by atoms with Gasteiger partial charge < -0.3 is 20.2 Å². The lowest BCUT2D eigenvalue weighted by atomic mass is 10.0. The van der Waals surface area contributed by atoms with Crippen LogP contribution in [-0.4, -0.2) is 21.3 Å². The number of benzene rings is 2. The maximum Gasteiger partial charge on any atom is 0.573 e. The van der Waals surface area contributed by atoms with Gasteiger partial charge in [-0.15, -0.1) is 13.2 Å². The molecule has 10 heteroatoms. The molecule has 5 N–H and O–H groups in total. The van der Waals surface area contributed by atoms with Crippen molar-refractivity contribution in [3.63, 3.8) is 0 Å². The molecule has 0 saturated heterocycles. The van der Waals surface area contributed by atoms with Gasteiger partial charge in [-0.25, -0.2) is 4.21 Å². The van der Waals surface area contributed by atoms with E-state index in [2.05, 4.69) is 14.4 Å². The van der Waals surface area contributed by atoms with Gasteiger partial charge in [0.2, 0.25) is 0 Å². The van der Waals surface area contributed by atoms with Gasteiger partial charge in [0.15, 0.2) is 11.0 Å². The van der Waals surface area contributed by atoms with Gasteiger partial charge in [0.05, 0.1) is 11.4 Å². The first-order valence-electron chi connectivity index (χ1n) is 9.29. The smallest absolute Gasteiger partial charge is 0.404 e. The molecule has 3 rings (SSSR count). The lowest BCUT2D eigenvalue weighted by molar-refractivity contribution is -0.275. The standard InChI is InChI=1S/C21H21F3N4O2S/c1-3-16-12(2)10-17(27-16)20(26)14-11-13(8-9-15(14)25)28-31(29)19-7-5-4-6-18(19)30-21(22,23)24/h4-11,26-28H,3,25H2,1-2H3. The van der Waals surface area contributed by atoms with Gasteiger partial charge in [-0.05, 0) is 55.3 Å². The number of nitrogens with two attached hydrogens (primary N) is 1. The van der Waals surface area contributed by atoms with Crippen molar-refractivity contribution in [1.82, 2.24) is 4.98 Å². The molecular weight excluding hydrogens is 429 g/mol. The Hall–Kier alpha value is -3.27. The largest absolute Gasteiger partial charge is 0.573 e. The van der Waals surface area contributed by atoms with Crippen molar-refractivity contribution >= 4 is 28.1 Å². The van der Waals surface area contributed by atoms with Crippen molar-refractivity contribution in [1.29, 1.82) is 5.41 Å². The average Bonchev–Trinajstić information content (AvgIpc) is 3.08. The van der Waals surface area contributed by atoms with Crippen LogP contribution in [0.5, 0.6) is 5.75 Å². The fourth-order valence-electron chi connectivity index (χ4n) is 3.06. The molecule has 0 aliphatic carbocycles. The van der Waals surface area contributed by atoms with Gasteiger partial charge in [-0.3, -0.25) is 5.41 Å². The minimum atomic E-state index is -4.91. The number of halogens is 3. The Morgan fingerprint density at radius 2 is 1.94 bits per heavy atom.